The molecule has 2 atom stereocenters. The van der Waals surface area contributed by atoms with Crippen molar-refractivity contribution >= 4 is 8.80 Å². The molecule has 3 rings (SSSR count). The maximum Gasteiger partial charge on any atom is 0.499 e. The van der Waals surface area contributed by atoms with E-state index in [9.17, 15) is 0 Å². The van der Waals surface area contributed by atoms with Gasteiger partial charge in [-0.3, -0.25) is 0 Å². The van der Waals surface area contributed by atoms with Crippen LogP contribution in [0.25, 0.3) is 0 Å². The van der Waals surface area contributed by atoms with Crippen LogP contribution in [0.4, 0.5) is 0 Å². The molecule has 1 aliphatic heterocycles. The summed E-state index contributed by atoms with van der Waals surface area (Å²) < 4.78 is 16.8. The normalized spacial score (nSPS) is 29.6. The molecule has 0 radical (unpaired) electrons. The van der Waals surface area contributed by atoms with Gasteiger partial charge in [0.05, 0.1) is 0 Å². The number of benzene rings is 1. The standard InChI is InChI=1S/C12H16O5Si/c1-13-18(3,14-2)17-12-10-7-5-4-6-9(10)8-11(12)15-16-12/h4-7,11H,8H2,1-3H3/t11?,12-/m0/s1. The zero-order valence-electron chi connectivity index (χ0n) is 10.6. The molecule has 1 aliphatic carbocycles. The summed E-state index contributed by atoms with van der Waals surface area (Å²) in [7, 11) is 0.471. The summed E-state index contributed by atoms with van der Waals surface area (Å²) in [5.41, 5.74) is 2.19. The first kappa shape index (κ1) is 12.3. The second kappa shape index (κ2) is 4.12. The molecule has 0 N–H and O–H groups in total. The lowest BCUT2D eigenvalue weighted by Gasteiger charge is -2.45. The summed E-state index contributed by atoms with van der Waals surface area (Å²) in [5, 5.41) is 0. The van der Waals surface area contributed by atoms with Gasteiger partial charge in [0.2, 0.25) is 0 Å². The van der Waals surface area contributed by atoms with Gasteiger partial charge in [0.25, 0.3) is 5.79 Å². The molecule has 6 heteroatoms. The minimum Gasteiger partial charge on any atom is -0.377 e. The van der Waals surface area contributed by atoms with Crippen LogP contribution in [0, 0.1) is 0 Å². The Morgan fingerprint density at radius 2 is 2.00 bits per heavy atom. The molecule has 1 fully saturated rings. The Hall–Kier alpha value is -0.763. The van der Waals surface area contributed by atoms with E-state index in [1.54, 1.807) is 14.2 Å². The quantitative estimate of drug-likeness (QED) is 0.613. The Morgan fingerprint density at radius 1 is 1.28 bits per heavy atom. The van der Waals surface area contributed by atoms with Crippen LogP contribution in [0.5, 0.6) is 0 Å². The van der Waals surface area contributed by atoms with Gasteiger partial charge < -0.3 is 13.3 Å². The zero-order valence-corrected chi connectivity index (χ0v) is 11.6. The molecule has 1 aromatic carbocycles. The van der Waals surface area contributed by atoms with Gasteiger partial charge in [0.15, 0.2) is 6.10 Å². The number of rotatable bonds is 4. The number of hydrogen-bond donors (Lipinski definition) is 0. The van der Waals surface area contributed by atoms with E-state index in [4.69, 9.17) is 23.1 Å². The molecule has 0 bridgehead atoms. The Labute approximate surface area is 107 Å². The van der Waals surface area contributed by atoms with Crippen molar-refractivity contribution in [3.8, 4) is 0 Å². The summed E-state index contributed by atoms with van der Waals surface area (Å²) >= 11 is 0. The Morgan fingerprint density at radius 3 is 2.61 bits per heavy atom. The first-order valence-corrected chi connectivity index (χ1v) is 8.09. The van der Waals surface area contributed by atoms with Crippen molar-refractivity contribution < 1.29 is 23.1 Å². The van der Waals surface area contributed by atoms with Gasteiger partial charge in [0, 0.05) is 32.8 Å². The van der Waals surface area contributed by atoms with Crippen LogP contribution in [0.3, 0.4) is 0 Å². The summed E-state index contributed by atoms with van der Waals surface area (Å²) in [6, 6.07) is 8.02. The molecule has 1 saturated heterocycles. The predicted octanol–water partition coefficient (Wildman–Crippen LogP) is 1.60. The Balaban J connectivity index is 1.95. The molecule has 18 heavy (non-hydrogen) atoms. The maximum atomic E-state index is 6.06. The van der Waals surface area contributed by atoms with Crippen molar-refractivity contribution in [2.24, 2.45) is 0 Å². The molecule has 0 saturated carbocycles. The zero-order chi connectivity index (χ0) is 12.8. The minimum absolute atomic E-state index is 0.118. The van der Waals surface area contributed by atoms with Crippen LogP contribution in [0.1, 0.15) is 11.1 Å². The highest BCUT2D eigenvalue weighted by Crippen LogP contribution is 2.50. The minimum atomic E-state index is -2.70. The van der Waals surface area contributed by atoms with Crippen molar-refractivity contribution in [3.63, 3.8) is 0 Å². The average molecular weight is 268 g/mol. The van der Waals surface area contributed by atoms with Crippen LogP contribution in [-0.2, 0) is 35.3 Å². The van der Waals surface area contributed by atoms with E-state index in [2.05, 4.69) is 6.07 Å². The monoisotopic (exact) mass is 268 g/mol. The summed E-state index contributed by atoms with van der Waals surface area (Å²) in [5.74, 6) is -0.858. The maximum absolute atomic E-state index is 6.06. The highest BCUT2D eigenvalue weighted by molar-refractivity contribution is 6.59. The third-order valence-electron chi connectivity index (χ3n) is 3.59. The van der Waals surface area contributed by atoms with Gasteiger partial charge in [0.1, 0.15) is 0 Å². The molecule has 2 aliphatic rings. The van der Waals surface area contributed by atoms with E-state index in [0.29, 0.717) is 0 Å². The summed E-state index contributed by atoms with van der Waals surface area (Å²) in [6.07, 6.45) is 0.667. The molecule has 1 heterocycles. The van der Waals surface area contributed by atoms with E-state index in [0.717, 1.165) is 12.0 Å². The second-order valence-corrected chi connectivity index (χ2v) is 7.32. The van der Waals surface area contributed by atoms with E-state index in [1.807, 2.05) is 24.7 Å². The van der Waals surface area contributed by atoms with Crippen molar-refractivity contribution in [1.29, 1.82) is 0 Å². The molecular formula is C12H16O5Si. The van der Waals surface area contributed by atoms with Crippen molar-refractivity contribution in [3.05, 3.63) is 35.4 Å². The molecule has 1 aromatic rings. The van der Waals surface area contributed by atoms with Gasteiger partial charge in [-0.25, -0.2) is 4.89 Å². The lowest BCUT2D eigenvalue weighted by Crippen LogP contribution is -2.59. The van der Waals surface area contributed by atoms with Gasteiger partial charge in [-0.2, -0.15) is 4.89 Å². The van der Waals surface area contributed by atoms with Crippen molar-refractivity contribution in [2.45, 2.75) is 24.9 Å². The van der Waals surface area contributed by atoms with Gasteiger partial charge >= 0.3 is 8.80 Å². The number of fused-ring (bicyclic) bond motifs is 3. The summed E-state index contributed by atoms with van der Waals surface area (Å²) in [6.45, 7) is 1.83. The molecule has 0 aromatic heterocycles. The number of hydrogen-bond acceptors (Lipinski definition) is 5. The topological polar surface area (TPSA) is 46.2 Å². The smallest absolute Gasteiger partial charge is 0.377 e. The fourth-order valence-corrected chi connectivity index (χ4v) is 3.57. The molecule has 5 nitrogen and oxygen atoms in total. The Bertz CT molecular complexity index is 462. The van der Waals surface area contributed by atoms with Gasteiger partial charge in [-0.1, -0.05) is 24.3 Å². The predicted molar refractivity (Wildman–Crippen MR) is 64.5 cm³/mol. The Kier molecular flexibility index (Phi) is 2.81. The molecular weight excluding hydrogens is 252 g/mol. The molecule has 0 amide bonds. The molecule has 98 valence electrons. The van der Waals surface area contributed by atoms with Crippen LogP contribution >= 0.6 is 0 Å². The van der Waals surface area contributed by atoms with E-state index in [-0.39, 0.29) is 6.10 Å². The van der Waals surface area contributed by atoms with Crippen LogP contribution < -0.4 is 0 Å². The van der Waals surface area contributed by atoms with Crippen LogP contribution in [0.2, 0.25) is 6.55 Å². The van der Waals surface area contributed by atoms with E-state index >= 15 is 0 Å². The van der Waals surface area contributed by atoms with Crippen LogP contribution in [0.15, 0.2) is 24.3 Å². The highest BCUT2D eigenvalue weighted by atomic mass is 28.4. The second-order valence-electron chi connectivity index (χ2n) is 4.57. The fourth-order valence-electron chi connectivity index (χ4n) is 2.41. The lowest BCUT2D eigenvalue weighted by molar-refractivity contribution is -0.567. The first-order chi connectivity index (χ1) is 8.63. The molecule has 0 spiro atoms. The van der Waals surface area contributed by atoms with Crippen LogP contribution in [-0.4, -0.2) is 29.1 Å². The SMILES string of the molecule is CO[Si](C)(OC)O[C@]12OOC1Cc1ccccc12. The van der Waals surface area contributed by atoms with E-state index in [1.165, 1.54) is 5.56 Å². The van der Waals surface area contributed by atoms with Crippen molar-refractivity contribution in [2.75, 3.05) is 14.2 Å². The third kappa shape index (κ3) is 1.58. The third-order valence-corrected chi connectivity index (χ3v) is 5.75. The highest BCUT2D eigenvalue weighted by Gasteiger charge is 2.63. The fraction of sp³-hybridized carbons (Fsp3) is 0.500. The largest absolute Gasteiger partial charge is 0.499 e. The van der Waals surface area contributed by atoms with Gasteiger partial charge in [-0.05, 0) is 5.56 Å². The summed E-state index contributed by atoms with van der Waals surface area (Å²) in [4.78, 5) is 10.5. The molecule has 1 unspecified atom stereocenters. The van der Waals surface area contributed by atoms with Crippen molar-refractivity contribution in [1.82, 2.24) is 0 Å². The van der Waals surface area contributed by atoms with E-state index < -0.39 is 14.6 Å². The lowest BCUT2D eigenvalue weighted by atomic mass is 10.1. The first-order valence-electron chi connectivity index (χ1n) is 5.87. The van der Waals surface area contributed by atoms with Gasteiger partial charge in [-0.15, -0.1) is 0 Å². The average Bonchev–Trinajstić information content (AvgIpc) is 2.60.